The van der Waals surface area contributed by atoms with E-state index in [9.17, 15) is 19.8 Å². The first kappa shape index (κ1) is 14.7. The maximum Gasteiger partial charge on any atom is 0.330 e. The molecule has 1 aromatic heterocycles. The van der Waals surface area contributed by atoms with Crippen LogP contribution >= 0.6 is 0 Å². The molecule has 0 spiro atoms. The maximum atomic E-state index is 11.8. The fourth-order valence-corrected chi connectivity index (χ4v) is 2.10. The topological polar surface area (TPSA) is 125 Å². The van der Waals surface area contributed by atoms with Gasteiger partial charge in [-0.2, -0.15) is 0 Å². The van der Waals surface area contributed by atoms with Crippen LogP contribution in [0.1, 0.15) is 18.7 Å². The predicted molar refractivity (Wildman–Crippen MR) is 69.0 cm³/mol. The van der Waals surface area contributed by atoms with Gasteiger partial charge in [0.25, 0.3) is 5.56 Å². The second-order valence-corrected chi connectivity index (χ2v) is 4.48. The van der Waals surface area contributed by atoms with Gasteiger partial charge < -0.3 is 20.1 Å². The smallest absolute Gasteiger partial charge is 0.330 e. The number of hydrogen-bond acceptors (Lipinski definition) is 6. The summed E-state index contributed by atoms with van der Waals surface area (Å²) in [5, 5.41) is 28.6. The molecule has 1 fully saturated rings. The zero-order valence-electron chi connectivity index (χ0n) is 10.8. The van der Waals surface area contributed by atoms with E-state index in [0.717, 1.165) is 4.57 Å². The molecule has 0 amide bonds. The van der Waals surface area contributed by atoms with E-state index in [2.05, 4.69) is 4.98 Å². The van der Waals surface area contributed by atoms with Crippen LogP contribution in [-0.4, -0.2) is 49.8 Å². The summed E-state index contributed by atoms with van der Waals surface area (Å²) < 4.78 is 6.23. The molecule has 2 unspecified atom stereocenters. The van der Waals surface area contributed by atoms with Crippen molar-refractivity contribution in [3.05, 3.63) is 38.7 Å². The highest BCUT2D eigenvalue weighted by Crippen LogP contribution is 2.27. The number of allylic oxidation sites excluding steroid dienone is 1. The van der Waals surface area contributed by atoms with Gasteiger partial charge in [0.1, 0.15) is 18.3 Å². The molecule has 4 N–H and O–H groups in total. The first-order chi connectivity index (χ1) is 9.49. The standard InChI is InChI=1S/C12H16N2O6/c1-2-3-6-4-14(12(19)13-10(6)18)11-9(17)8(16)7(5-15)20-11/h2-4,7-9,11,15-17H,5H2,1H3,(H,13,18,19)/b3-2+/t7-,8?,9?,11-/m1/s1. The van der Waals surface area contributed by atoms with Gasteiger partial charge in [-0.1, -0.05) is 12.2 Å². The van der Waals surface area contributed by atoms with Crippen molar-refractivity contribution in [2.24, 2.45) is 0 Å². The first-order valence-corrected chi connectivity index (χ1v) is 6.10. The highest BCUT2D eigenvalue weighted by molar-refractivity contribution is 5.45. The van der Waals surface area contributed by atoms with E-state index in [4.69, 9.17) is 9.84 Å². The molecule has 1 aromatic rings. The fraction of sp³-hybridized carbons (Fsp3) is 0.500. The second kappa shape index (κ2) is 5.71. The Hall–Kier alpha value is -1.74. The van der Waals surface area contributed by atoms with Gasteiger partial charge in [0.05, 0.1) is 12.2 Å². The SMILES string of the molecule is C/C=C/c1cn([C@@H]2O[C@H](CO)C(O)C2O)c(=O)[nH]c1=O. The van der Waals surface area contributed by atoms with Gasteiger partial charge in [-0.25, -0.2) is 4.79 Å². The minimum Gasteiger partial charge on any atom is -0.394 e. The lowest BCUT2D eigenvalue weighted by Crippen LogP contribution is -2.38. The van der Waals surface area contributed by atoms with Crippen LogP contribution < -0.4 is 11.2 Å². The van der Waals surface area contributed by atoms with Crippen LogP contribution in [0, 0.1) is 0 Å². The largest absolute Gasteiger partial charge is 0.394 e. The van der Waals surface area contributed by atoms with E-state index in [0.29, 0.717) is 0 Å². The molecular formula is C12H16N2O6. The van der Waals surface area contributed by atoms with Gasteiger partial charge in [0.15, 0.2) is 6.23 Å². The van der Waals surface area contributed by atoms with Crippen molar-refractivity contribution >= 4 is 6.08 Å². The van der Waals surface area contributed by atoms with Crippen LogP contribution in [0.15, 0.2) is 21.9 Å². The third-order valence-electron chi connectivity index (χ3n) is 3.13. The van der Waals surface area contributed by atoms with E-state index < -0.39 is 42.4 Å². The molecule has 2 rings (SSSR count). The van der Waals surface area contributed by atoms with E-state index in [1.54, 1.807) is 13.0 Å². The average molecular weight is 284 g/mol. The van der Waals surface area contributed by atoms with Crippen molar-refractivity contribution < 1.29 is 20.1 Å². The number of aromatic nitrogens is 2. The van der Waals surface area contributed by atoms with Gasteiger partial charge in [0, 0.05) is 6.20 Å². The summed E-state index contributed by atoms with van der Waals surface area (Å²) in [5.41, 5.74) is -1.11. The highest BCUT2D eigenvalue weighted by Gasteiger charge is 2.43. The van der Waals surface area contributed by atoms with Crippen molar-refractivity contribution in [2.45, 2.75) is 31.5 Å². The fourth-order valence-electron chi connectivity index (χ4n) is 2.10. The Labute approximate surface area is 113 Å². The molecule has 0 saturated carbocycles. The molecule has 20 heavy (non-hydrogen) atoms. The van der Waals surface area contributed by atoms with Crippen molar-refractivity contribution in [3.63, 3.8) is 0 Å². The number of aliphatic hydroxyl groups is 3. The Morgan fingerprint density at radius 1 is 1.40 bits per heavy atom. The maximum absolute atomic E-state index is 11.8. The molecular weight excluding hydrogens is 268 g/mol. The lowest BCUT2D eigenvalue weighted by Gasteiger charge is -2.17. The van der Waals surface area contributed by atoms with Gasteiger partial charge in [-0.15, -0.1) is 0 Å². The van der Waals surface area contributed by atoms with Gasteiger partial charge >= 0.3 is 5.69 Å². The van der Waals surface area contributed by atoms with Crippen LogP contribution in [0.2, 0.25) is 0 Å². The first-order valence-electron chi connectivity index (χ1n) is 6.10. The number of ether oxygens (including phenoxy) is 1. The molecule has 0 aromatic carbocycles. The molecule has 0 bridgehead atoms. The summed E-state index contributed by atoms with van der Waals surface area (Å²) in [6.45, 7) is 1.22. The van der Waals surface area contributed by atoms with E-state index >= 15 is 0 Å². The molecule has 1 saturated heterocycles. The van der Waals surface area contributed by atoms with Crippen LogP contribution in [0.4, 0.5) is 0 Å². The number of aromatic amines is 1. The average Bonchev–Trinajstić information content (AvgIpc) is 2.70. The quantitative estimate of drug-likeness (QED) is 0.518. The Morgan fingerprint density at radius 2 is 2.10 bits per heavy atom. The molecule has 1 aliphatic heterocycles. The van der Waals surface area contributed by atoms with Gasteiger partial charge in [-0.05, 0) is 6.92 Å². The van der Waals surface area contributed by atoms with Crippen LogP contribution in [0.5, 0.6) is 0 Å². The molecule has 1 aliphatic rings. The zero-order valence-corrected chi connectivity index (χ0v) is 10.8. The van der Waals surface area contributed by atoms with E-state index in [-0.39, 0.29) is 5.56 Å². The normalized spacial score (nSPS) is 30.2. The van der Waals surface area contributed by atoms with Crippen LogP contribution in [0.25, 0.3) is 6.08 Å². The molecule has 8 heteroatoms. The summed E-state index contributed by atoms with van der Waals surface area (Å²) in [4.78, 5) is 25.4. The van der Waals surface area contributed by atoms with E-state index in [1.165, 1.54) is 12.3 Å². The number of rotatable bonds is 3. The van der Waals surface area contributed by atoms with E-state index in [1.807, 2.05) is 0 Å². The Morgan fingerprint density at radius 3 is 2.65 bits per heavy atom. The number of aliphatic hydroxyl groups excluding tert-OH is 3. The van der Waals surface area contributed by atoms with Gasteiger partial charge in [-0.3, -0.25) is 14.3 Å². The minimum absolute atomic E-state index is 0.213. The Bertz CT molecular complexity index is 619. The minimum atomic E-state index is -1.38. The van der Waals surface area contributed by atoms with Crippen molar-refractivity contribution in [2.75, 3.05) is 6.61 Å². The summed E-state index contributed by atoms with van der Waals surface area (Å²) in [6.07, 6.45) is -0.494. The predicted octanol–water partition coefficient (Wildman–Crippen LogP) is -1.82. The Kier molecular flexibility index (Phi) is 4.19. The Balaban J connectivity index is 2.46. The zero-order chi connectivity index (χ0) is 14.9. The summed E-state index contributed by atoms with van der Waals surface area (Å²) in [5.74, 6) is 0. The lowest BCUT2D eigenvalue weighted by atomic mass is 10.1. The summed E-state index contributed by atoms with van der Waals surface area (Å²) >= 11 is 0. The highest BCUT2D eigenvalue weighted by atomic mass is 16.6. The third-order valence-corrected chi connectivity index (χ3v) is 3.13. The number of hydrogen-bond donors (Lipinski definition) is 4. The molecule has 110 valence electrons. The van der Waals surface area contributed by atoms with Gasteiger partial charge in [0.2, 0.25) is 0 Å². The summed E-state index contributed by atoms with van der Waals surface area (Å²) in [7, 11) is 0. The summed E-state index contributed by atoms with van der Waals surface area (Å²) in [6, 6.07) is 0. The molecule has 2 heterocycles. The van der Waals surface area contributed by atoms with Crippen molar-refractivity contribution in [3.8, 4) is 0 Å². The molecule has 8 nitrogen and oxygen atoms in total. The van der Waals surface area contributed by atoms with Crippen molar-refractivity contribution in [1.29, 1.82) is 0 Å². The number of nitrogens with one attached hydrogen (secondary N) is 1. The second-order valence-electron chi connectivity index (χ2n) is 4.48. The lowest BCUT2D eigenvalue weighted by molar-refractivity contribution is -0.0550. The third kappa shape index (κ3) is 2.46. The molecule has 0 radical (unpaired) electrons. The monoisotopic (exact) mass is 284 g/mol. The van der Waals surface area contributed by atoms with Crippen molar-refractivity contribution in [1.82, 2.24) is 9.55 Å². The number of nitrogens with zero attached hydrogens (tertiary/aromatic N) is 1. The van der Waals surface area contributed by atoms with Crippen LogP contribution in [0.3, 0.4) is 0 Å². The van der Waals surface area contributed by atoms with Crippen LogP contribution in [-0.2, 0) is 4.74 Å². The number of H-pyrrole nitrogens is 1. The molecule has 0 aliphatic carbocycles. The molecule has 4 atom stereocenters.